The number of nitrogen functional groups attached to an aromatic ring is 1. The van der Waals surface area contributed by atoms with E-state index in [1.165, 1.54) is 0 Å². The molecule has 1 fully saturated rings. The van der Waals surface area contributed by atoms with Crippen molar-refractivity contribution >= 4 is 23.1 Å². The van der Waals surface area contributed by atoms with Crippen LogP contribution >= 0.6 is 11.6 Å². The van der Waals surface area contributed by atoms with Gasteiger partial charge in [0.25, 0.3) is 0 Å². The number of nitrogens with two attached hydrogens (primary N) is 1. The molecule has 0 bridgehead atoms. The molecule has 1 aliphatic heterocycles. The highest BCUT2D eigenvalue weighted by Crippen LogP contribution is 2.26. The number of hydrogen-bond acceptors (Lipinski definition) is 4. The number of aromatic nitrogens is 1. The number of rotatable bonds is 2. The Balaban J connectivity index is 2.15. The zero-order valence-corrected chi connectivity index (χ0v) is 10.1. The molecule has 2 heterocycles. The summed E-state index contributed by atoms with van der Waals surface area (Å²) in [6, 6.07) is 2.18. The van der Waals surface area contributed by atoms with Gasteiger partial charge in [-0.05, 0) is 18.9 Å². The number of nitrogens with zero attached hydrogens (tertiary/aromatic N) is 2. The smallest absolute Gasteiger partial charge is 0.151 e. The van der Waals surface area contributed by atoms with Gasteiger partial charge in [0.1, 0.15) is 0 Å². The van der Waals surface area contributed by atoms with E-state index in [1.54, 1.807) is 12.3 Å². The van der Waals surface area contributed by atoms with E-state index in [2.05, 4.69) is 9.88 Å². The maximum atomic E-state index is 5.91. The molecule has 2 rings (SSSR count). The normalized spacial score (nSPS) is 17.4. The summed E-state index contributed by atoms with van der Waals surface area (Å²) in [5.41, 5.74) is 6.54. The molecule has 2 N–H and O–H groups in total. The molecule has 5 heteroatoms. The first-order valence-corrected chi connectivity index (χ1v) is 5.78. The predicted molar refractivity (Wildman–Crippen MR) is 65.9 cm³/mol. The van der Waals surface area contributed by atoms with Crippen LogP contribution < -0.4 is 10.6 Å². The van der Waals surface area contributed by atoms with E-state index in [1.807, 2.05) is 7.05 Å². The Labute approximate surface area is 100 Å². The van der Waals surface area contributed by atoms with Gasteiger partial charge in [-0.15, -0.1) is 0 Å². The summed E-state index contributed by atoms with van der Waals surface area (Å²) < 4.78 is 5.34. The average Bonchev–Trinajstić information content (AvgIpc) is 2.29. The van der Waals surface area contributed by atoms with Crippen molar-refractivity contribution in [2.75, 3.05) is 30.9 Å². The van der Waals surface area contributed by atoms with Crippen LogP contribution in [0.5, 0.6) is 0 Å². The van der Waals surface area contributed by atoms with Crippen LogP contribution in [0.2, 0.25) is 5.02 Å². The van der Waals surface area contributed by atoms with Crippen LogP contribution in [-0.2, 0) is 4.74 Å². The molecule has 0 saturated carbocycles. The van der Waals surface area contributed by atoms with Crippen molar-refractivity contribution in [2.24, 2.45) is 0 Å². The molecule has 0 unspecified atom stereocenters. The van der Waals surface area contributed by atoms with Crippen LogP contribution in [0.1, 0.15) is 12.8 Å². The summed E-state index contributed by atoms with van der Waals surface area (Å²) in [5.74, 6) is 0.802. The second-order valence-corrected chi connectivity index (χ2v) is 4.46. The molecule has 0 aliphatic carbocycles. The third-order valence-corrected chi connectivity index (χ3v) is 3.14. The van der Waals surface area contributed by atoms with Crippen molar-refractivity contribution < 1.29 is 4.74 Å². The Bertz CT molecular complexity index is 366. The zero-order chi connectivity index (χ0) is 11.5. The highest BCUT2D eigenvalue weighted by Gasteiger charge is 2.20. The molecule has 88 valence electrons. The van der Waals surface area contributed by atoms with Gasteiger partial charge in [0.05, 0.1) is 10.7 Å². The zero-order valence-electron chi connectivity index (χ0n) is 9.32. The van der Waals surface area contributed by atoms with Crippen molar-refractivity contribution in [1.29, 1.82) is 0 Å². The summed E-state index contributed by atoms with van der Waals surface area (Å²) in [6.45, 7) is 1.62. The topological polar surface area (TPSA) is 51.4 Å². The molecule has 0 aromatic carbocycles. The first kappa shape index (κ1) is 11.5. The fourth-order valence-electron chi connectivity index (χ4n) is 1.99. The second-order valence-electron chi connectivity index (χ2n) is 4.02. The molecule has 4 nitrogen and oxygen atoms in total. The lowest BCUT2D eigenvalue weighted by Gasteiger charge is -2.32. The Kier molecular flexibility index (Phi) is 3.51. The van der Waals surface area contributed by atoms with Gasteiger partial charge in [0.2, 0.25) is 0 Å². The maximum absolute atomic E-state index is 5.91. The van der Waals surface area contributed by atoms with Crippen molar-refractivity contribution in [3.05, 3.63) is 17.3 Å². The van der Waals surface area contributed by atoms with Crippen LogP contribution in [0.3, 0.4) is 0 Å². The molecule has 1 aromatic rings. The molecule has 16 heavy (non-hydrogen) atoms. The van der Waals surface area contributed by atoms with Gasteiger partial charge >= 0.3 is 0 Å². The molecule has 1 aromatic heterocycles. The summed E-state index contributed by atoms with van der Waals surface area (Å²) >= 11 is 5.83. The number of halogens is 1. The van der Waals surface area contributed by atoms with Gasteiger partial charge in [-0.1, -0.05) is 11.6 Å². The monoisotopic (exact) mass is 241 g/mol. The third-order valence-electron chi connectivity index (χ3n) is 2.93. The SMILES string of the molecule is CN(c1ncc(Cl)cc1N)C1CCOCC1. The molecule has 1 saturated heterocycles. The van der Waals surface area contributed by atoms with Crippen LogP contribution in [0.15, 0.2) is 12.3 Å². The van der Waals surface area contributed by atoms with E-state index in [4.69, 9.17) is 22.1 Å². The lowest BCUT2D eigenvalue weighted by Crippen LogP contribution is -2.37. The van der Waals surface area contributed by atoms with E-state index < -0.39 is 0 Å². The highest BCUT2D eigenvalue weighted by molar-refractivity contribution is 6.30. The predicted octanol–water partition coefficient (Wildman–Crippen LogP) is 1.93. The van der Waals surface area contributed by atoms with Gasteiger partial charge in [0.15, 0.2) is 5.82 Å². The van der Waals surface area contributed by atoms with Crippen molar-refractivity contribution in [1.82, 2.24) is 4.98 Å². The first-order valence-electron chi connectivity index (χ1n) is 5.40. The van der Waals surface area contributed by atoms with Crippen molar-refractivity contribution in [3.63, 3.8) is 0 Å². The van der Waals surface area contributed by atoms with E-state index in [9.17, 15) is 0 Å². The highest BCUT2D eigenvalue weighted by atomic mass is 35.5. The minimum Gasteiger partial charge on any atom is -0.396 e. The van der Waals surface area contributed by atoms with Gasteiger partial charge in [-0.25, -0.2) is 4.98 Å². The van der Waals surface area contributed by atoms with Crippen molar-refractivity contribution in [3.8, 4) is 0 Å². The fraction of sp³-hybridized carbons (Fsp3) is 0.545. The summed E-state index contributed by atoms with van der Waals surface area (Å²) in [6.07, 6.45) is 3.66. The van der Waals surface area contributed by atoms with E-state index in [-0.39, 0.29) is 0 Å². The summed E-state index contributed by atoms with van der Waals surface area (Å²) in [7, 11) is 2.02. The Hall–Kier alpha value is -1.00. The van der Waals surface area contributed by atoms with Gasteiger partial charge in [0, 0.05) is 32.5 Å². The number of pyridine rings is 1. The van der Waals surface area contributed by atoms with Crippen LogP contribution in [-0.4, -0.2) is 31.3 Å². The number of hydrogen-bond donors (Lipinski definition) is 1. The lowest BCUT2D eigenvalue weighted by atomic mass is 10.1. The van der Waals surface area contributed by atoms with Gasteiger partial charge < -0.3 is 15.4 Å². The molecule has 0 amide bonds. The average molecular weight is 242 g/mol. The number of ether oxygens (including phenoxy) is 1. The summed E-state index contributed by atoms with van der Waals surface area (Å²) in [5, 5.41) is 0.571. The lowest BCUT2D eigenvalue weighted by molar-refractivity contribution is 0.0854. The molecule has 0 radical (unpaired) electrons. The van der Waals surface area contributed by atoms with Crippen LogP contribution in [0.4, 0.5) is 11.5 Å². The minimum absolute atomic E-state index is 0.449. The maximum Gasteiger partial charge on any atom is 0.151 e. The van der Waals surface area contributed by atoms with E-state index >= 15 is 0 Å². The Morgan fingerprint density at radius 2 is 2.19 bits per heavy atom. The summed E-state index contributed by atoms with van der Waals surface area (Å²) in [4.78, 5) is 6.40. The standard InChI is InChI=1S/C11H16ClN3O/c1-15(9-2-4-16-5-3-9)11-10(13)6-8(12)7-14-11/h6-7,9H,2-5,13H2,1H3. The molecular weight excluding hydrogens is 226 g/mol. The molecule has 0 spiro atoms. The molecular formula is C11H16ClN3O. The molecule has 1 aliphatic rings. The number of anilines is 2. The van der Waals surface area contributed by atoms with Gasteiger partial charge in [-0.2, -0.15) is 0 Å². The van der Waals surface area contributed by atoms with Crippen LogP contribution in [0.25, 0.3) is 0 Å². The minimum atomic E-state index is 0.449. The largest absolute Gasteiger partial charge is 0.396 e. The molecule has 0 atom stereocenters. The van der Waals surface area contributed by atoms with Gasteiger partial charge in [-0.3, -0.25) is 0 Å². The van der Waals surface area contributed by atoms with Crippen molar-refractivity contribution in [2.45, 2.75) is 18.9 Å². The third kappa shape index (κ3) is 2.39. The van der Waals surface area contributed by atoms with E-state index in [0.717, 1.165) is 31.9 Å². The van der Waals surface area contributed by atoms with E-state index in [0.29, 0.717) is 16.8 Å². The fourth-order valence-corrected chi connectivity index (χ4v) is 2.15. The second kappa shape index (κ2) is 4.89. The first-order chi connectivity index (χ1) is 7.68. The Morgan fingerprint density at radius 3 is 2.81 bits per heavy atom. The Morgan fingerprint density at radius 1 is 1.50 bits per heavy atom. The van der Waals surface area contributed by atoms with Crippen LogP contribution in [0, 0.1) is 0 Å². The quantitative estimate of drug-likeness (QED) is 0.860.